The molecule has 2 atom stereocenters. The molecule has 259 valence electrons. The van der Waals surface area contributed by atoms with Gasteiger partial charge in [-0.2, -0.15) is 4.31 Å². The van der Waals surface area contributed by atoms with E-state index in [0.717, 1.165) is 44.3 Å². The number of nitrogens with zero attached hydrogens (tertiary/aromatic N) is 1. The second-order valence-electron chi connectivity index (χ2n) is 12.7. The summed E-state index contributed by atoms with van der Waals surface area (Å²) >= 11 is 1.62. The monoisotopic (exact) mass is 691 g/mol. The van der Waals surface area contributed by atoms with Crippen molar-refractivity contribution in [2.45, 2.75) is 85.3 Å². The Labute approximate surface area is 291 Å². The first kappa shape index (κ1) is 37.4. The van der Waals surface area contributed by atoms with Crippen LogP contribution >= 0.6 is 11.3 Å². The fourth-order valence-corrected chi connectivity index (χ4v) is 9.23. The number of carbonyl (C=O) groups excluding carboxylic acids is 1. The molecule has 1 aliphatic heterocycles. The number of rotatable bonds is 13. The normalized spacial score (nSPS) is 17.9. The molecule has 2 heterocycles. The van der Waals surface area contributed by atoms with E-state index in [4.69, 9.17) is 10.6 Å². The van der Waals surface area contributed by atoms with Crippen LogP contribution in [-0.2, 0) is 32.7 Å². The molecule has 1 aromatic heterocycles. The van der Waals surface area contributed by atoms with Crippen molar-refractivity contribution in [3.05, 3.63) is 111 Å². The van der Waals surface area contributed by atoms with Gasteiger partial charge >= 0.3 is 5.97 Å². The van der Waals surface area contributed by atoms with Crippen LogP contribution in [-0.4, -0.2) is 31.8 Å². The first-order chi connectivity index (χ1) is 23.0. The number of allylic oxidation sites excluding steroid dienone is 2. The highest BCUT2D eigenvalue weighted by atomic mass is 32.2. The summed E-state index contributed by atoms with van der Waals surface area (Å²) in [5, 5.41) is 3.19. The Kier molecular flexibility index (Phi) is 12.7. The summed E-state index contributed by atoms with van der Waals surface area (Å²) in [4.78, 5) is 16.1. The van der Waals surface area contributed by atoms with Gasteiger partial charge in [0.2, 0.25) is 10.0 Å². The largest absolute Gasteiger partial charge is 0.460 e. The Hall–Kier alpha value is -3.44. The van der Waals surface area contributed by atoms with Gasteiger partial charge in [0.1, 0.15) is 6.61 Å². The highest BCUT2D eigenvalue weighted by Crippen LogP contribution is 2.49. The molecule has 3 aromatic rings. The molecule has 0 bridgehead atoms. The molecule has 4 N–H and O–H groups in total. The summed E-state index contributed by atoms with van der Waals surface area (Å²) in [5.74, 6) is 5.45. The SMILES string of the molecule is CC.CCN/C=C(/CC[C@H](c1cc(CN2C[C@@H](C)C3=C([CH]3)c3ccccc3S2(=O)=O)c(C)s1)C(C)(C)C(=O)OCc1ccccc1)NN. The summed E-state index contributed by atoms with van der Waals surface area (Å²) in [6, 6.07) is 19.0. The van der Waals surface area contributed by atoms with Crippen LogP contribution in [0.1, 0.15) is 86.7 Å². The van der Waals surface area contributed by atoms with Crippen molar-refractivity contribution in [3.8, 4) is 0 Å². The first-order valence-electron chi connectivity index (χ1n) is 16.8. The van der Waals surface area contributed by atoms with Crippen molar-refractivity contribution in [1.29, 1.82) is 0 Å². The van der Waals surface area contributed by atoms with Gasteiger partial charge in [-0.15, -0.1) is 11.3 Å². The Balaban J connectivity index is 0.00000255. The highest BCUT2D eigenvalue weighted by molar-refractivity contribution is 7.89. The second-order valence-corrected chi connectivity index (χ2v) is 15.9. The Morgan fingerprint density at radius 3 is 2.52 bits per heavy atom. The van der Waals surface area contributed by atoms with Gasteiger partial charge in [0, 0.05) is 53.6 Å². The smallest absolute Gasteiger partial charge is 0.312 e. The standard InChI is InChI=1S/C36H45N4O4S2.C2H6/c1-6-38-20-28(39-37)16-17-32(36(4,5)35(41)44-23-26-12-8-7-9-13-26)33-18-27(25(3)45-33)22-40-21-24(2)30-19-31(30)29-14-10-11-15-34(29)46(40,42)43;1-2/h7-15,18-20,24,32,38-39H,6,16-17,21-23,37H2,1-5H3;1-2H3/b28-20-;/t24-,32-;/m1./s1. The van der Waals surface area contributed by atoms with E-state index in [9.17, 15) is 13.2 Å². The molecule has 0 fully saturated rings. The predicted octanol–water partition coefficient (Wildman–Crippen LogP) is 7.44. The molecule has 0 unspecified atom stereocenters. The van der Waals surface area contributed by atoms with E-state index in [2.05, 4.69) is 30.2 Å². The molecular weight excluding hydrogens is 641 g/mol. The van der Waals surface area contributed by atoms with E-state index in [1.54, 1.807) is 27.8 Å². The van der Waals surface area contributed by atoms with Crippen LogP contribution < -0.4 is 16.6 Å². The van der Waals surface area contributed by atoms with Crippen molar-refractivity contribution < 1.29 is 17.9 Å². The van der Waals surface area contributed by atoms with Crippen LogP contribution in [0.5, 0.6) is 0 Å². The van der Waals surface area contributed by atoms with Gasteiger partial charge in [-0.05, 0) is 80.9 Å². The number of nitrogens with two attached hydrogens (primary N) is 1. The maximum absolute atomic E-state index is 14.1. The molecule has 48 heavy (non-hydrogen) atoms. The number of nitrogens with one attached hydrogen (secondary N) is 2. The van der Waals surface area contributed by atoms with Crippen LogP contribution in [0.25, 0.3) is 5.57 Å². The number of aryl methyl sites for hydroxylation is 1. The maximum Gasteiger partial charge on any atom is 0.312 e. The molecular formula is C38H51N4O4S2. The number of esters is 1. The Morgan fingerprint density at radius 2 is 1.83 bits per heavy atom. The van der Waals surface area contributed by atoms with Crippen molar-refractivity contribution in [1.82, 2.24) is 15.0 Å². The zero-order valence-electron chi connectivity index (χ0n) is 29.3. The Morgan fingerprint density at radius 1 is 1.15 bits per heavy atom. The van der Waals surface area contributed by atoms with E-state index in [-0.39, 0.29) is 31.0 Å². The van der Waals surface area contributed by atoms with E-state index in [0.29, 0.717) is 24.3 Å². The van der Waals surface area contributed by atoms with Crippen LogP contribution in [0, 0.1) is 24.7 Å². The van der Waals surface area contributed by atoms with Gasteiger partial charge in [0.25, 0.3) is 0 Å². The van der Waals surface area contributed by atoms with Crippen molar-refractivity contribution in [2.24, 2.45) is 17.2 Å². The number of carbonyl (C=O) groups is 1. The summed E-state index contributed by atoms with van der Waals surface area (Å²) in [6.07, 6.45) is 5.22. The van der Waals surface area contributed by atoms with Gasteiger partial charge in [-0.3, -0.25) is 10.6 Å². The third kappa shape index (κ3) is 8.40. The lowest BCUT2D eigenvalue weighted by molar-refractivity contribution is -0.156. The van der Waals surface area contributed by atoms with Crippen LogP contribution in [0.2, 0.25) is 0 Å². The molecule has 2 aliphatic rings. The Bertz CT molecular complexity index is 1730. The quantitative estimate of drug-likeness (QED) is 0.0970. The predicted molar refractivity (Wildman–Crippen MR) is 196 cm³/mol. The van der Waals surface area contributed by atoms with Gasteiger partial charge in [-0.25, -0.2) is 8.42 Å². The topological polar surface area (TPSA) is 114 Å². The second kappa shape index (κ2) is 16.3. The lowest BCUT2D eigenvalue weighted by atomic mass is 9.75. The minimum atomic E-state index is -3.74. The van der Waals surface area contributed by atoms with Crippen molar-refractivity contribution >= 4 is 32.9 Å². The minimum absolute atomic E-state index is 0.0910. The first-order valence-corrected chi connectivity index (χ1v) is 19.1. The minimum Gasteiger partial charge on any atom is -0.460 e. The average Bonchev–Trinajstić information content (AvgIpc) is 3.81. The van der Waals surface area contributed by atoms with Crippen LogP contribution in [0.4, 0.5) is 0 Å². The fourth-order valence-electron chi connectivity index (χ4n) is 6.15. The average molecular weight is 692 g/mol. The summed E-state index contributed by atoms with van der Waals surface area (Å²) < 4.78 is 35.6. The van der Waals surface area contributed by atoms with Gasteiger partial charge in [0.15, 0.2) is 0 Å². The van der Waals surface area contributed by atoms with Crippen LogP contribution in [0.3, 0.4) is 0 Å². The highest BCUT2D eigenvalue weighted by Gasteiger charge is 2.42. The molecule has 0 saturated heterocycles. The fraction of sp³-hybridized carbons (Fsp3) is 0.421. The van der Waals surface area contributed by atoms with Gasteiger partial charge in [-0.1, -0.05) is 74.9 Å². The third-order valence-corrected chi connectivity index (χ3v) is 12.1. The molecule has 5 rings (SSSR count). The van der Waals surface area contributed by atoms with Gasteiger partial charge in [0.05, 0.1) is 10.3 Å². The lowest BCUT2D eigenvalue weighted by Crippen LogP contribution is -2.35. The molecule has 10 heteroatoms. The molecule has 8 nitrogen and oxygen atoms in total. The molecule has 1 radical (unpaired) electrons. The number of hydrogen-bond donors (Lipinski definition) is 3. The number of benzene rings is 2. The zero-order chi connectivity index (χ0) is 35.1. The van der Waals surface area contributed by atoms with E-state index in [1.165, 1.54) is 5.57 Å². The molecule has 2 aromatic carbocycles. The summed E-state index contributed by atoms with van der Waals surface area (Å²) in [5.41, 5.74) is 7.68. The summed E-state index contributed by atoms with van der Waals surface area (Å²) in [7, 11) is -3.74. The van der Waals surface area contributed by atoms with Crippen molar-refractivity contribution in [3.63, 3.8) is 0 Å². The number of sulfonamides is 1. The van der Waals surface area contributed by atoms with Crippen molar-refractivity contribution in [2.75, 3.05) is 13.1 Å². The molecule has 0 saturated carbocycles. The van der Waals surface area contributed by atoms with E-state index < -0.39 is 15.4 Å². The lowest BCUT2D eigenvalue weighted by Gasteiger charge is -2.32. The third-order valence-electron chi connectivity index (χ3n) is 9.04. The van der Waals surface area contributed by atoms with E-state index >= 15 is 0 Å². The summed E-state index contributed by atoms with van der Waals surface area (Å²) in [6.45, 7) is 15.6. The zero-order valence-corrected chi connectivity index (χ0v) is 30.9. The van der Waals surface area contributed by atoms with E-state index in [1.807, 2.05) is 90.2 Å². The number of fused-ring (bicyclic) bond motifs is 2. The number of thiophene rings is 1. The number of ether oxygens (including phenoxy) is 1. The molecule has 1 aliphatic carbocycles. The van der Waals surface area contributed by atoms with Crippen LogP contribution in [0.15, 0.2) is 83.0 Å². The molecule has 0 spiro atoms. The maximum atomic E-state index is 14.1. The number of hydrogen-bond acceptors (Lipinski definition) is 8. The van der Waals surface area contributed by atoms with Gasteiger partial charge < -0.3 is 15.5 Å². The molecule has 0 amide bonds. The number of hydrazine groups is 1.